The van der Waals surface area contributed by atoms with Crippen molar-refractivity contribution in [2.24, 2.45) is 0 Å². The number of ether oxygens (including phenoxy) is 1. The molecule has 2 saturated heterocycles. The van der Waals surface area contributed by atoms with Gasteiger partial charge in [0.05, 0.1) is 17.7 Å². The van der Waals surface area contributed by atoms with Gasteiger partial charge in [0.25, 0.3) is 15.8 Å². The Balaban J connectivity index is 1.26. The number of nitrogens with zero attached hydrogens (tertiary/aromatic N) is 4. The third-order valence-electron chi connectivity index (χ3n) is 7.50. The summed E-state index contributed by atoms with van der Waals surface area (Å²) in [5, 5.41) is 14.9. The molecule has 192 valence electrons. The number of nitrogens with one attached hydrogen (secondary N) is 2. The fourth-order valence-electron chi connectivity index (χ4n) is 5.47. The van der Waals surface area contributed by atoms with Crippen molar-refractivity contribution in [3.63, 3.8) is 0 Å². The van der Waals surface area contributed by atoms with E-state index in [4.69, 9.17) is 4.74 Å². The second kappa shape index (κ2) is 9.74. The fraction of sp³-hybridized carbons (Fsp3) is 0.696. The highest BCUT2D eigenvalue weighted by atomic mass is 32.2. The number of pyridine rings is 1. The Morgan fingerprint density at radius 1 is 1.20 bits per heavy atom. The number of piperidine rings is 1. The molecule has 0 radical (unpaired) electrons. The van der Waals surface area contributed by atoms with Crippen LogP contribution in [0.2, 0.25) is 0 Å². The van der Waals surface area contributed by atoms with Gasteiger partial charge in [-0.2, -0.15) is 22.4 Å². The molecule has 3 fully saturated rings. The van der Waals surface area contributed by atoms with E-state index >= 15 is 0 Å². The first-order valence-electron chi connectivity index (χ1n) is 12.5. The van der Waals surface area contributed by atoms with E-state index < -0.39 is 15.8 Å². The number of hydrogen-bond acceptors (Lipinski definition) is 8. The van der Waals surface area contributed by atoms with Crippen molar-refractivity contribution < 1.29 is 18.3 Å². The van der Waals surface area contributed by atoms with Crippen molar-refractivity contribution in [1.29, 1.82) is 0 Å². The van der Waals surface area contributed by atoms with Crippen molar-refractivity contribution >= 4 is 27.2 Å². The van der Waals surface area contributed by atoms with Gasteiger partial charge in [0, 0.05) is 49.9 Å². The molecule has 0 unspecified atom stereocenters. The van der Waals surface area contributed by atoms with Crippen molar-refractivity contribution in [2.45, 2.75) is 75.7 Å². The summed E-state index contributed by atoms with van der Waals surface area (Å²) in [6, 6.07) is 2.87. The molecule has 0 spiro atoms. The molecule has 2 aromatic heterocycles. The van der Waals surface area contributed by atoms with Gasteiger partial charge in [-0.3, -0.25) is 9.36 Å². The standard InChI is InChI=1S/C23H34N6O5S/c1-23(31)10-2-5-19(23)29-20(30)7-6-16-14-24-22(27-21(16)29)26-17-8-11-28(12-9-17)35(32,33)25-15-18-4-3-13-34-18/h6-7,14,17-19,25,31H,2-5,8-13,15H2,1H3,(H,24,26,27)/t18-,19-,23-/m0/s1. The van der Waals surface area contributed by atoms with Gasteiger partial charge >= 0.3 is 0 Å². The molecule has 1 aliphatic carbocycles. The average molecular weight is 507 g/mol. The van der Waals surface area contributed by atoms with Crippen LogP contribution in [-0.4, -0.2) is 76.4 Å². The minimum absolute atomic E-state index is 0.00976. The number of hydrogen-bond donors (Lipinski definition) is 3. The Morgan fingerprint density at radius 2 is 2.00 bits per heavy atom. The predicted octanol–water partition coefficient (Wildman–Crippen LogP) is 1.16. The largest absolute Gasteiger partial charge is 0.388 e. The Bertz CT molecular complexity index is 1220. The van der Waals surface area contributed by atoms with Crippen LogP contribution in [0.5, 0.6) is 0 Å². The Kier molecular flexibility index (Phi) is 6.83. The second-order valence-corrected chi connectivity index (χ2v) is 11.8. The molecule has 0 amide bonds. The zero-order chi connectivity index (χ0) is 24.6. The van der Waals surface area contributed by atoms with E-state index in [0.717, 1.165) is 24.6 Å². The summed E-state index contributed by atoms with van der Waals surface area (Å²) in [5.74, 6) is 0.396. The summed E-state index contributed by atoms with van der Waals surface area (Å²) < 4.78 is 36.6. The molecule has 2 aromatic rings. The molecule has 0 aromatic carbocycles. The predicted molar refractivity (Wildman–Crippen MR) is 131 cm³/mol. The van der Waals surface area contributed by atoms with Crippen molar-refractivity contribution in [3.05, 3.63) is 28.7 Å². The summed E-state index contributed by atoms with van der Waals surface area (Å²) >= 11 is 0. The summed E-state index contributed by atoms with van der Waals surface area (Å²) in [6.45, 7) is 3.55. The minimum atomic E-state index is -3.54. The van der Waals surface area contributed by atoms with Gasteiger partial charge in [-0.25, -0.2) is 4.98 Å². The highest BCUT2D eigenvalue weighted by Crippen LogP contribution is 2.39. The summed E-state index contributed by atoms with van der Waals surface area (Å²) in [6.07, 6.45) is 6.91. The number of fused-ring (bicyclic) bond motifs is 1. The molecule has 12 heteroatoms. The van der Waals surface area contributed by atoms with Crippen molar-refractivity contribution in [2.75, 3.05) is 31.6 Å². The maximum Gasteiger partial charge on any atom is 0.279 e. The Labute approximate surface area is 205 Å². The average Bonchev–Trinajstić information content (AvgIpc) is 3.47. The van der Waals surface area contributed by atoms with Gasteiger partial charge in [-0.05, 0) is 57.9 Å². The fourth-order valence-corrected chi connectivity index (χ4v) is 6.74. The van der Waals surface area contributed by atoms with Gasteiger partial charge < -0.3 is 15.2 Å². The lowest BCUT2D eigenvalue weighted by Crippen LogP contribution is -2.48. The zero-order valence-corrected chi connectivity index (χ0v) is 20.8. The second-order valence-electron chi connectivity index (χ2n) is 10.1. The van der Waals surface area contributed by atoms with E-state index in [1.54, 1.807) is 23.8 Å². The maximum absolute atomic E-state index is 12.8. The maximum atomic E-state index is 12.8. The van der Waals surface area contributed by atoms with Gasteiger partial charge in [0.15, 0.2) is 0 Å². The van der Waals surface area contributed by atoms with Crippen LogP contribution in [0.4, 0.5) is 5.95 Å². The third-order valence-corrected chi connectivity index (χ3v) is 9.08. The Hall–Kier alpha value is -2.12. The minimum Gasteiger partial charge on any atom is -0.388 e. The molecule has 2 aliphatic heterocycles. The van der Waals surface area contributed by atoms with Gasteiger partial charge in [0.2, 0.25) is 5.95 Å². The first-order chi connectivity index (χ1) is 16.7. The molecule has 4 heterocycles. The van der Waals surface area contributed by atoms with Crippen LogP contribution >= 0.6 is 0 Å². The number of anilines is 1. The van der Waals surface area contributed by atoms with E-state index in [1.165, 1.54) is 10.4 Å². The van der Waals surface area contributed by atoms with E-state index in [0.29, 0.717) is 63.5 Å². The van der Waals surface area contributed by atoms with E-state index in [9.17, 15) is 18.3 Å². The highest BCUT2D eigenvalue weighted by Gasteiger charge is 2.39. The number of aromatic nitrogens is 3. The zero-order valence-electron chi connectivity index (χ0n) is 20.0. The lowest BCUT2D eigenvalue weighted by atomic mass is 10.00. The molecule has 3 aliphatic rings. The summed E-state index contributed by atoms with van der Waals surface area (Å²) in [4.78, 5) is 21.8. The van der Waals surface area contributed by atoms with Gasteiger partial charge in [-0.15, -0.1) is 0 Å². The van der Waals surface area contributed by atoms with Crippen LogP contribution in [-0.2, 0) is 14.9 Å². The van der Waals surface area contributed by atoms with Gasteiger partial charge in [0.1, 0.15) is 5.65 Å². The summed E-state index contributed by atoms with van der Waals surface area (Å²) in [7, 11) is -3.54. The first-order valence-corrected chi connectivity index (χ1v) is 13.9. The van der Waals surface area contributed by atoms with Crippen molar-refractivity contribution in [3.8, 4) is 0 Å². The first kappa shape index (κ1) is 24.6. The highest BCUT2D eigenvalue weighted by molar-refractivity contribution is 7.87. The van der Waals surface area contributed by atoms with E-state index in [2.05, 4.69) is 20.0 Å². The van der Waals surface area contributed by atoms with E-state index in [1.807, 2.05) is 0 Å². The number of aliphatic hydroxyl groups is 1. The molecule has 3 N–H and O–H groups in total. The van der Waals surface area contributed by atoms with Crippen LogP contribution in [0.3, 0.4) is 0 Å². The van der Waals surface area contributed by atoms with Gasteiger partial charge in [-0.1, -0.05) is 0 Å². The quantitative estimate of drug-likeness (QED) is 0.508. The van der Waals surface area contributed by atoms with Crippen molar-refractivity contribution in [1.82, 2.24) is 23.6 Å². The molecular weight excluding hydrogens is 472 g/mol. The molecule has 35 heavy (non-hydrogen) atoms. The molecule has 1 saturated carbocycles. The molecule has 11 nitrogen and oxygen atoms in total. The number of rotatable bonds is 7. The topological polar surface area (TPSA) is 139 Å². The third kappa shape index (κ3) is 5.21. The van der Waals surface area contributed by atoms with Crippen LogP contribution in [0, 0.1) is 0 Å². The van der Waals surface area contributed by atoms with Crippen LogP contribution in [0.1, 0.15) is 57.9 Å². The lowest BCUT2D eigenvalue weighted by molar-refractivity contribution is 0.0267. The lowest BCUT2D eigenvalue weighted by Gasteiger charge is -2.32. The summed E-state index contributed by atoms with van der Waals surface area (Å²) in [5.41, 5.74) is -0.656. The molecule has 3 atom stereocenters. The smallest absolute Gasteiger partial charge is 0.279 e. The van der Waals surface area contributed by atoms with Crippen LogP contribution < -0.4 is 15.6 Å². The Morgan fingerprint density at radius 3 is 2.69 bits per heavy atom. The normalized spacial score (nSPS) is 28.6. The molecule has 5 rings (SSSR count). The SMILES string of the molecule is C[C@]1(O)CCC[C@@H]1n1c(=O)ccc2cnc(NC3CCN(S(=O)(=O)NC[C@@H]4CCCO4)CC3)nc21. The van der Waals surface area contributed by atoms with Crippen LogP contribution in [0.25, 0.3) is 11.0 Å². The monoisotopic (exact) mass is 506 g/mol. The van der Waals surface area contributed by atoms with Crippen LogP contribution in [0.15, 0.2) is 23.1 Å². The van der Waals surface area contributed by atoms with E-state index in [-0.39, 0.29) is 23.7 Å². The molecular formula is C23H34N6O5S. The molecule has 0 bridgehead atoms.